The Morgan fingerprint density at radius 3 is 2.05 bits per heavy atom. The van der Waals surface area contributed by atoms with Gasteiger partial charge in [-0.05, 0) is 17.7 Å². The zero-order chi connectivity index (χ0) is 30.6. The third kappa shape index (κ3) is 14.3. The number of hydrogen-bond donors (Lipinski definition) is 3. The molecule has 0 unspecified atom stereocenters. The van der Waals surface area contributed by atoms with Gasteiger partial charge in [0.25, 0.3) is 0 Å². The molecule has 1 aromatic carbocycles. The fourth-order valence-electron chi connectivity index (χ4n) is 3.61. The van der Waals surface area contributed by atoms with Crippen LogP contribution >= 0.6 is 0 Å². The SMILES string of the molecule is CCC(=O)OCc1ccc(O)c(NC(=O)CCNC(=O)CCOCCOCCOCCOCCN2C(=O)CCC2=O)c1. The first kappa shape index (κ1) is 34.6. The van der Waals surface area contributed by atoms with Crippen molar-refractivity contribution in [1.82, 2.24) is 10.2 Å². The van der Waals surface area contributed by atoms with Crippen LogP contribution < -0.4 is 10.6 Å². The predicted molar refractivity (Wildman–Crippen MR) is 148 cm³/mol. The van der Waals surface area contributed by atoms with Gasteiger partial charge in [0.05, 0.1) is 65.1 Å². The summed E-state index contributed by atoms with van der Waals surface area (Å²) in [4.78, 5) is 59.6. The van der Waals surface area contributed by atoms with Gasteiger partial charge in [-0.2, -0.15) is 0 Å². The number of ether oxygens (including phenoxy) is 5. The Labute approximate surface area is 244 Å². The summed E-state index contributed by atoms with van der Waals surface area (Å²) in [6.45, 7) is 4.70. The van der Waals surface area contributed by atoms with Gasteiger partial charge in [-0.1, -0.05) is 13.0 Å². The van der Waals surface area contributed by atoms with Crippen molar-refractivity contribution in [1.29, 1.82) is 0 Å². The van der Waals surface area contributed by atoms with Crippen LogP contribution in [0.2, 0.25) is 0 Å². The lowest BCUT2D eigenvalue weighted by atomic mass is 10.2. The van der Waals surface area contributed by atoms with E-state index in [1.807, 2.05) is 0 Å². The van der Waals surface area contributed by atoms with Crippen molar-refractivity contribution in [3.63, 3.8) is 0 Å². The quantitative estimate of drug-likeness (QED) is 0.0750. The van der Waals surface area contributed by atoms with Crippen molar-refractivity contribution in [2.24, 2.45) is 0 Å². The summed E-state index contributed by atoms with van der Waals surface area (Å²) < 4.78 is 26.5. The summed E-state index contributed by atoms with van der Waals surface area (Å²) in [5, 5.41) is 15.2. The van der Waals surface area contributed by atoms with Crippen molar-refractivity contribution >= 4 is 35.3 Å². The van der Waals surface area contributed by atoms with Crippen LogP contribution in [0, 0.1) is 0 Å². The molecule has 1 aliphatic rings. The monoisotopic (exact) mass is 595 g/mol. The molecule has 2 rings (SSSR count). The number of carbonyl (C=O) groups excluding carboxylic acids is 5. The first-order valence-corrected chi connectivity index (χ1v) is 14.0. The predicted octanol–water partition coefficient (Wildman–Crippen LogP) is 0.896. The number of aromatic hydroxyl groups is 1. The van der Waals surface area contributed by atoms with Gasteiger partial charge in [0, 0.05) is 38.6 Å². The molecule has 0 aliphatic carbocycles. The van der Waals surface area contributed by atoms with Gasteiger partial charge in [0.1, 0.15) is 12.4 Å². The molecule has 3 N–H and O–H groups in total. The summed E-state index contributed by atoms with van der Waals surface area (Å²) >= 11 is 0. The average molecular weight is 596 g/mol. The minimum absolute atomic E-state index is 0.00371. The summed E-state index contributed by atoms with van der Waals surface area (Å²) in [5.74, 6) is -1.44. The summed E-state index contributed by atoms with van der Waals surface area (Å²) in [6, 6.07) is 4.51. The minimum Gasteiger partial charge on any atom is -0.506 e. The second-order valence-electron chi connectivity index (χ2n) is 9.15. The van der Waals surface area contributed by atoms with Crippen LogP contribution in [-0.4, -0.2) is 106 Å². The van der Waals surface area contributed by atoms with E-state index in [9.17, 15) is 29.1 Å². The number of anilines is 1. The maximum Gasteiger partial charge on any atom is 0.305 e. The first-order chi connectivity index (χ1) is 20.3. The molecule has 0 aromatic heterocycles. The van der Waals surface area contributed by atoms with Crippen molar-refractivity contribution in [3.05, 3.63) is 23.8 Å². The molecule has 0 bridgehead atoms. The van der Waals surface area contributed by atoms with Gasteiger partial charge in [0.2, 0.25) is 23.6 Å². The normalized spacial score (nSPS) is 12.9. The highest BCUT2D eigenvalue weighted by Crippen LogP contribution is 2.24. The number of esters is 1. The number of hydrogen-bond acceptors (Lipinski definition) is 11. The number of phenolic OH excluding ortho intramolecular Hbond substituents is 1. The lowest BCUT2D eigenvalue weighted by Crippen LogP contribution is -2.32. The van der Waals surface area contributed by atoms with Gasteiger partial charge in [-0.25, -0.2) is 0 Å². The van der Waals surface area contributed by atoms with Gasteiger partial charge in [-0.3, -0.25) is 28.9 Å². The molecule has 4 amide bonds. The molecule has 1 fully saturated rings. The van der Waals surface area contributed by atoms with Crippen LogP contribution in [-0.2, 0) is 54.3 Å². The van der Waals surface area contributed by atoms with Crippen LogP contribution in [0.4, 0.5) is 5.69 Å². The summed E-state index contributed by atoms with van der Waals surface area (Å²) in [5.41, 5.74) is 0.804. The lowest BCUT2D eigenvalue weighted by Gasteiger charge is -2.13. The molecule has 0 saturated carbocycles. The van der Waals surface area contributed by atoms with Gasteiger partial charge in [0.15, 0.2) is 0 Å². The molecule has 234 valence electrons. The van der Waals surface area contributed by atoms with Crippen molar-refractivity contribution in [2.75, 3.05) is 71.3 Å². The van der Waals surface area contributed by atoms with Crippen LogP contribution in [0.5, 0.6) is 5.75 Å². The molecule has 1 heterocycles. The number of rotatable bonds is 22. The second kappa shape index (κ2) is 20.3. The number of nitrogens with zero attached hydrogens (tertiary/aromatic N) is 1. The van der Waals surface area contributed by atoms with E-state index in [0.717, 1.165) is 0 Å². The topological polar surface area (TPSA) is 179 Å². The fourth-order valence-corrected chi connectivity index (χ4v) is 3.61. The maximum atomic E-state index is 12.2. The molecule has 1 aliphatic heterocycles. The first-order valence-electron chi connectivity index (χ1n) is 14.0. The largest absolute Gasteiger partial charge is 0.506 e. The highest BCUT2D eigenvalue weighted by Gasteiger charge is 2.28. The van der Waals surface area contributed by atoms with E-state index in [-0.39, 0.29) is 100 Å². The van der Waals surface area contributed by atoms with Crippen molar-refractivity contribution in [2.45, 2.75) is 45.6 Å². The van der Waals surface area contributed by atoms with Gasteiger partial charge >= 0.3 is 5.97 Å². The Bertz CT molecular complexity index is 1020. The van der Waals surface area contributed by atoms with E-state index in [4.69, 9.17) is 23.7 Å². The molecule has 1 aromatic rings. The van der Waals surface area contributed by atoms with E-state index in [2.05, 4.69) is 10.6 Å². The van der Waals surface area contributed by atoms with Crippen LogP contribution in [0.3, 0.4) is 0 Å². The zero-order valence-corrected chi connectivity index (χ0v) is 24.0. The molecule has 0 radical (unpaired) electrons. The highest BCUT2D eigenvalue weighted by molar-refractivity contribution is 6.01. The number of benzene rings is 1. The van der Waals surface area contributed by atoms with E-state index < -0.39 is 5.91 Å². The van der Waals surface area contributed by atoms with Crippen LogP contribution in [0.1, 0.15) is 44.6 Å². The smallest absolute Gasteiger partial charge is 0.305 e. The van der Waals surface area contributed by atoms with E-state index in [1.165, 1.54) is 17.0 Å². The molecule has 14 nitrogen and oxygen atoms in total. The fraction of sp³-hybridized carbons (Fsp3) is 0.607. The Hall–Kier alpha value is -3.59. The standard InChI is InChI=1S/C28H41N3O11/c1-2-28(37)42-20-21-3-4-23(32)22(19-21)30-25(34)7-9-29-24(33)8-11-38-13-15-40-17-18-41-16-14-39-12-10-31-26(35)5-6-27(31)36/h3-4,19,32H,2,5-18,20H2,1H3,(H,29,33)(H,30,34). The molecule has 14 heteroatoms. The molecular formula is C28H41N3O11. The Morgan fingerprint density at radius 2 is 1.43 bits per heavy atom. The summed E-state index contributed by atoms with van der Waals surface area (Å²) in [7, 11) is 0. The van der Waals surface area contributed by atoms with E-state index in [0.29, 0.717) is 45.2 Å². The lowest BCUT2D eigenvalue weighted by molar-refractivity contribution is -0.144. The van der Waals surface area contributed by atoms with Crippen molar-refractivity contribution in [3.8, 4) is 5.75 Å². The number of carbonyl (C=O) groups is 5. The number of imide groups is 1. The highest BCUT2D eigenvalue weighted by atomic mass is 16.6. The van der Waals surface area contributed by atoms with E-state index >= 15 is 0 Å². The third-order valence-electron chi connectivity index (χ3n) is 5.90. The average Bonchev–Trinajstić information content (AvgIpc) is 3.29. The number of phenols is 1. The Balaban J connectivity index is 1.39. The number of nitrogens with one attached hydrogen (secondary N) is 2. The third-order valence-corrected chi connectivity index (χ3v) is 5.90. The second-order valence-corrected chi connectivity index (χ2v) is 9.15. The number of amides is 4. The summed E-state index contributed by atoms with van der Waals surface area (Å²) in [6.07, 6.45) is 0.936. The van der Waals surface area contributed by atoms with E-state index in [1.54, 1.807) is 13.0 Å². The van der Waals surface area contributed by atoms with Crippen LogP contribution in [0.15, 0.2) is 18.2 Å². The molecule has 0 spiro atoms. The van der Waals surface area contributed by atoms with Gasteiger partial charge in [-0.15, -0.1) is 0 Å². The molecule has 0 atom stereocenters. The Morgan fingerprint density at radius 1 is 0.833 bits per heavy atom. The zero-order valence-electron chi connectivity index (χ0n) is 24.0. The molecule has 42 heavy (non-hydrogen) atoms. The molecule has 1 saturated heterocycles. The van der Waals surface area contributed by atoms with Gasteiger partial charge < -0.3 is 39.4 Å². The van der Waals surface area contributed by atoms with Crippen LogP contribution in [0.25, 0.3) is 0 Å². The minimum atomic E-state index is -0.397. The number of likely N-dealkylation sites (tertiary alicyclic amines) is 1. The Kier molecular flexibility index (Phi) is 16.7. The van der Waals surface area contributed by atoms with Crippen molar-refractivity contribution < 1.29 is 52.8 Å². The molecular weight excluding hydrogens is 554 g/mol. The maximum absolute atomic E-state index is 12.2.